The lowest BCUT2D eigenvalue weighted by atomic mass is 10.2. The number of amides is 1. The Morgan fingerprint density at radius 1 is 1.16 bits per heavy atom. The van der Waals surface area contributed by atoms with Crippen LogP contribution in [-0.2, 0) is 13.2 Å². The van der Waals surface area contributed by atoms with Gasteiger partial charge in [0.2, 0.25) is 0 Å². The van der Waals surface area contributed by atoms with Gasteiger partial charge in [-0.15, -0.1) is 0 Å². The van der Waals surface area contributed by atoms with Crippen LogP contribution in [0.1, 0.15) is 33.1 Å². The molecule has 8 heteroatoms. The smallest absolute Gasteiger partial charge is 0.292 e. The van der Waals surface area contributed by atoms with Gasteiger partial charge in [0.15, 0.2) is 11.6 Å². The highest BCUT2D eigenvalue weighted by molar-refractivity contribution is 6.32. The van der Waals surface area contributed by atoms with Crippen molar-refractivity contribution < 1.29 is 18.3 Å². The van der Waals surface area contributed by atoms with E-state index in [1.807, 2.05) is 26.0 Å². The van der Waals surface area contributed by atoms with E-state index >= 15 is 0 Å². The van der Waals surface area contributed by atoms with Crippen LogP contribution in [0.4, 0.5) is 10.2 Å². The van der Waals surface area contributed by atoms with E-state index < -0.39 is 5.91 Å². The number of aryl methyl sites for hydroxylation is 2. The molecule has 0 fully saturated rings. The van der Waals surface area contributed by atoms with Gasteiger partial charge in [0.05, 0.1) is 11.6 Å². The Balaban J connectivity index is 1.40. The maximum atomic E-state index is 13.9. The lowest BCUT2D eigenvalue weighted by Crippen LogP contribution is -2.12. The standard InChI is InChI=1S/C24H21ClFN3O3/c1-15-6-5-8-19(25)23(15)31-14-18-10-11-21(32-18)24(30)27-22-12-16(2)29(28-22)13-17-7-3-4-9-20(17)26/h3-12H,13-14H2,1-2H3,(H,27,28,30). The molecule has 1 amide bonds. The fourth-order valence-corrected chi connectivity index (χ4v) is 3.49. The SMILES string of the molecule is Cc1cccc(Cl)c1OCc1ccc(C(=O)Nc2cc(C)n(Cc3ccccc3F)n2)o1. The first-order valence-electron chi connectivity index (χ1n) is 9.96. The highest BCUT2D eigenvalue weighted by atomic mass is 35.5. The Hall–Kier alpha value is -3.58. The molecule has 0 aliphatic heterocycles. The molecule has 2 aromatic heterocycles. The van der Waals surface area contributed by atoms with Gasteiger partial charge in [-0.05, 0) is 43.7 Å². The molecule has 0 unspecified atom stereocenters. The second-order valence-corrected chi connectivity index (χ2v) is 7.72. The summed E-state index contributed by atoms with van der Waals surface area (Å²) in [6.45, 7) is 4.13. The molecule has 0 spiro atoms. The summed E-state index contributed by atoms with van der Waals surface area (Å²) in [4.78, 5) is 12.6. The zero-order chi connectivity index (χ0) is 22.7. The number of aromatic nitrogens is 2. The van der Waals surface area contributed by atoms with E-state index in [1.165, 1.54) is 6.07 Å². The minimum absolute atomic E-state index is 0.126. The second kappa shape index (κ2) is 9.28. The van der Waals surface area contributed by atoms with Gasteiger partial charge >= 0.3 is 0 Å². The van der Waals surface area contributed by atoms with Gasteiger partial charge in [-0.3, -0.25) is 9.48 Å². The van der Waals surface area contributed by atoms with E-state index in [4.69, 9.17) is 20.8 Å². The lowest BCUT2D eigenvalue weighted by molar-refractivity contribution is 0.0992. The summed E-state index contributed by atoms with van der Waals surface area (Å²) in [7, 11) is 0. The summed E-state index contributed by atoms with van der Waals surface area (Å²) in [5.74, 6) is 0.791. The van der Waals surface area contributed by atoms with Gasteiger partial charge in [-0.1, -0.05) is 41.9 Å². The number of carbonyl (C=O) groups is 1. The lowest BCUT2D eigenvalue weighted by Gasteiger charge is -2.09. The quantitative estimate of drug-likeness (QED) is 0.386. The topological polar surface area (TPSA) is 69.3 Å². The molecule has 4 rings (SSSR count). The largest absolute Gasteiger partial charge is 0.484 e. The summed E-state index contributed by atoms with van der Waals surface area (Å²) in [6.07, 6.45) is 0. The van der Waals surface area contributed by atoms with Crippen LogP contribution in [0.25, 0.3) is 0 Å². The van der Waals surface area contributed by atoms with Crippen LogP contribution in [0.3, 0.4) is 0 Å². The number of nitrogens with one attached hydrogen (secondary N) is 1. The molecule has 6 nitrogen and oxygen atoms in total. The molecular formula is C24H21ClFN3O3. The van der Waals surface area contributed by atoms with E-state index in [9.17, 15) is 9.18 Å². The van der Waals surface area contributed by atoms with E-state index in [2.05, 4.69) is 10.4 Å². The monoisotopic (exact) mass is 453 g/mol. The third-order valence-electron chi connectivity index (χ3n) is 4.91. The number of rotatable bonds is 7. The van der Waals surface area contributed by atoms with Crippen molar-refractivity contribution in [2.45, 2.75) is 27.0 Å². The zero-order valence-electron chi connectivity index (χ0n) is 17.6. The van der Waals surface area contributed by atoms with Crippen molar-refractivity contribution in [3.8, 4) is 5.75 Å². The fourth-order valence-electron chi connectivity index (χ4n) is 3.22. The highest BCUT2D eigenvalue weighted by Gasteiger charge is 2.15. The van der Waals surface area contributed by atoms with Crippen molar-refractivity contribution >= 4 is 23.3 Å². The molecular weight excluding hydrogens is 433 g/mol. The number of furan rings is 1. The Kier molecular flexibility index (Phi) is 6.28. The number of hydrogen-bond acceptors (Lipinski definition) is 4. The van der Waals surface area contributed by atoms with E-state index in [0.29, 0.717) is 27.9 Å². The van der Waals surface area contributed by atoms with Gasteiger partial charge in [-0.25, -0.2) is 4.39 Å². The van der Waals surface area contributed by atoms with Gasteiger partial charge in [0.25, 0.3) is 5.91 Å². The van der Waals surface area contributed by atoms with Crippen molar-refractivity contribution in [1.29, 1.82) is 0 Å². The molecule has 0 atom stereocenters. The molecule has 164 valence electrons. The van der Waals surface area contributed by atoms with Gasteiger partial charge in [0, 0.05) is 17.3 Å². The third kappa shape index (κ3) is 4.84. The maximum Gasteiger partial charge on any atom is 0.292 e. The molecule has 2 heterocycles. The summed E-state index contributed by atoms with van der Waals surface area (Å²) < 4.78 is 26.9. The average Bonchev–Trinajstić information content (AvgIpc) is 3.36. The van der Waals surface area contributed by atoms with Crippen molar-refractivity contribution in [3.63, 3.8) is 0 Å². The number of ether oxygens (including phenoxy) is 1. The molecule has 0 aliphatic rings. The first-order valence-corrected chi connectivity index (χ1v) is 10.3. The Morgan fingerprint density at radius 3 is 2.75 bits per heavy atom. The van der Waals surface area contributed by atoms with Crippen LogP contribution in [0, 0.1) is 19.7 Å². The number of para-hydroxylation sites is 1. The van der Waals surface area contributed by atoms with Crippen LogP contribution < -0.4 is 10.1 Å². The van der Waals surface area contributed by atoms with Crippen LogP contribution in [0.2, 0.25) is 5.02 Å². The molecule has 0 bridgehead atoms. The normalized spacial score (nSPS) is 10.9. The first kappa shape index (κ1) is 21.6. The number of hydrogen-bond donors (Lipinski definition) is 1. The van der Waals surface area contributed by atoms with Crippen LogP contribution in [0.5, 0.6) is 5.75 Å². The minimum Gasteiger partial charge on any atom is -0.484 e. The van der Waals surface area contributed by atoms with Gasteiger partial charge < -0.3 is 14.5 Å². The second-order valence-electron chi connectivity index (χ2n) is 7.31. The number of nitrogens with zero attached hydrogens (tertiary/aromatic N) is 2. The molecule has 32 heavy (non-hydrogen) atoms. The number of anilines is 1. The molecule has 0 radical (unpaired) electrons. The molecule has 1 N–H and O–H groups in total. The highest BCUT2D eigenvalue weighted by Crippen LogP contribution is 2.29. The predicted octanol–water partition coefficient (Wildman–Crippen LogP) is 5.77. The molecule has 0 saturated carbocycles. The maximum absolute atomic E-state index is 13.9. The Bertz CT molecular complexity index is 1240. The van der Waals surface area contributed by atoms with Crippen molar-refractivity contribution in [1.82, 2.24) is 9.78 Å². The summed E-state index contributed by atoms with van der Waals surface area (Å²) >= 11 is 6.17. The van der Waals surface area contributed by atoms with Crippen LogP contribution >= 0.6 is 11.6 Å². The van der Waals surface area contributed by atoms with E-state index in [0.717, 1.165) is 11.3 Å². The number of halogens is 2. The summed E-state index contributed by atoms with van der Waals surface area (Å²) in [5, 5.41) is 7.57. The minimum atomic E-state index is -0.444. The molecule has 2 aromatic carbocycles. The Labute approximate surface area is 189 Å². The van der Waals surface area contributed by atoms with Gasteiger partial charge in [0.1, 0.15) is 23.9 Å². The average molecular weight is 454 g/mol. The van der Waals surface area contributed by atoms with Crippen LogP contribution in [0.15, 0.2) is 65.1 Å². The van der Waals surface area contributed by atoms with Crippen molar-refractivity contribution in [3.05, 3.63) is 99.8 Å². The number of benzene rings is 2. The van der Waals surface area contributed by atoms with Gasteiger partial charge in [-0.2, -0.15) is 5.10 Å². The van der Waals surface area contributed by atoms with Crippen LogP contribution in [-0.4, -0.2) is 15.7 Å². The third-order valence-corrected chi connectivity index (χ3v) is 5.21. The molecule has 0 aliphatic carbocycles. The Morgan fingerprint density at radius 2 is 1.97 bits per heavy atom. The predicted molar refractivity (Wildman–Crippen MR) is 120 cm³/mol. The fraction of sp³-hybridized carbons (Fsp3) is 0.167. The summed E-state index contributed by atoms with van der Waals surface area (Å²) in [5.41, 5.74) is 2.21. The molecule has 0 saturated heterocycles. The van der Waals surface area contributed by atoms with Crippen molar-refractivity contribution in [2.75, 3.05) is 5.32 Å². The van der Waals surface area contributed by atoms with E-state index in [-0.39, 0.29) is 24.7 Å². The first-order chi connectivity index (χ1) is 15.4. The zero-order valence-corrected chi connectivity index (χ0v) is 18.3. The summed E-state index contributed by atoms with van der Waals surface area (Å²) in [6, 6.07) is 17.0. The van der Waals surface area contributed by atoms with E-state index in [1.54, 1.807) is 47.1 Å². The van der Waals surface area contributed by atoms with Crippen molar-refractivity contribution in [2.24, 2.45) is 0 Å². The molecule has 4 aromatic rings. The number of carbonyl (C=O) groups excluding carboxylic acids is 1.